The van der Waals surface area contributed by atoms with Gasteiger partial charge in [-0.25, -0.2) is 14.8 Å². The number of ether oxygens (including phenoxy) is 1. The van der Waals surface area contributed by atoms with E-state index >= 15 is 0 Å². The first kappa shape index (κ1) is 16.9. The van der Waals surface area contributed by atoms with Crippen molar-refractivity contribution in [2.45, 2.75) is 19.8 Å². The Hall–Kier alpha value is -2.96. The molecular formula is C18H20N4O3. The van der Waals surface area contributed by atoms with Crippen molar-refractivity contribution in [2.24, 2.45) is 0 Å². The molecule has 2 heterocycles. The maximum absolute atomic E-state index is 12.5. The van der Waals surface area contributed by atoms with Crippen molar-refractivity contribution in [2.75, 3.05) is 29.9 Å². The maximum Gasteiger partial charge on any atom is 0.340 e. The maximum atomic E-state index is 12.5. The van der Waals surface area contributed by atoms with Crippen LogP contribution in [0.25, 0.3) is 0 Å². The zero-order valence-electron chi connectivity index (χ0n) is 14.1. The van der Waals surface area contributed by atoms with E-state index in [1.807, 2.05) is 0 Å². The highest BCUT2D eigenvalue weighted by Crippen LogP contribution is 2.20. The van der Waals surface area contributed by atoms with E-state index in [1.54, 1.807) is 37.3 Å². The van der Waals surface area contributed by atoms with Gasteiger partial charge in [-0.05, 0) is 31.9 Å². The van der Waals surface area contributed by atoms with Crippen molar-refractivity contribution in [1.82, 2.24) is 9.97 Å². The van der Waals surface area contributed by atoms with Gasteiger partial charge in [-0.15, -0.1) is 0 Å². The molecule has 0 bridgehead atoms. The Kier molecular flexibility index (Phi) is 5.23. The number of nitrogens with one attached hydrogen (secondary N) is 1. The summed E-state index contributed by atoms with van der Waals surface area (Å²) in [5.74, 6) is -0.116. The van der Waals surface area contributed by atoms with Gasteiger partial charge in [0.25, 0.3) is 5.91 Å². The van der Waals surface area contributed by atoms with E-state index in [9.17, 15) is 9.59 Å². The summed E-state index contributed by atoms with van der Waals surface area (Å²) >= 11 is 0. The summed E-state index contributed by atoms with van der Waals surface area (Å²) in [6.07, 6.45) is 3.64. The van der Waals surface area contributed by atoms with Crippen molar-refractivity contribution in [1.29, 1.82) is 0 Å². The number of amides is 1. The molecule has 1 aromatic carbocycles. The van der Waals surface area contributed by atoms with E-state index in [0.29, 0.717) is 11.3 Å². The van der Waals surface area contributed by atoms with Crippen LogP contribution < -0.4 is 10.2 Å². The van der Waals surface area contributed by atoms with Crippen LogP contribution in [0, 0.1) is 0 Å². The lowest BCUT2D eigenvalue weighted by molar-refractivity contribution is 0.0527. The Bertz CT molecular complexity index is 772. The Morgan fingerprint density at radius 1 is 1.20 bits per heavy atom. The van der Waals surface area contributed by atoms with Gasteiger partial charge in [-0.3, -0.25) is 4.79 Å². The van der Waals surface area contributed by atoms with Crippen LogP contribution >= 0.6 is 0 Å². The lowest BCUT2D eigenvalue weighted by Gasteiger charge is -2.16. The number of hydrogen-bond donors (Lipinski definition) is 1. The third-order valence-corrected chi connectivity index (χ3v) is 3.99. The highest BCUT2D eigenvalue weighted by Gasteiger charge is 2.18. The van der Waals surface area contributed by atoms with Gasteiger partial charge in [0.05, 0.1) is 17.9 Å². The number of esters is 1. The van der Waals surface area contributed by atoms with Gasteiger partial charge in [0.15, 0.2) is 0 Å². The van der Waals surface area contributed by atoms with Crippen molar-refractivity contribution in [3.63, 3.8) is 0 Å². The van der Waals surface area contributed by atoms with Gasteiger partial charge in [-0.1, -0.05) is 12.1 Å². The number of para-hydroxylation sites is 1. The molecule has 1 fully saturated rings. The van der Waals surface area contributed by atoms with Crippen molar-refractivity contribution < 1.29 is 14.3 Å². The molecule has 3 rings (SSSR count). The molecule has 1 amide bonds. The summed E-state index contributed by atoms with van der Waals surface area (Å²) in [5, 5.41) is 2.74. The highest BCUT2D eigenvalue weighted by atomic mass is 16.5. The molecule has 0 saturated carbocycles. The molecule has 0 radical (unpaired) electrons. The van der Waals surface area contributed by atoms with E-state index in [1.165, 1.54) is 6.33 Å². The summed E-state index contributed by atoms with van der Waals surface area (Å²) in [4.78, 5) is 35.0. The SMILES string of the molecule is CCOC(=O)c1ccccc1NC(=O)c1cc(N2CCCC2)ncn1. The zero-order valence-corrected chi connectivity index (χ0v) is 14.1. The van der Waals surface area contributed by atoms with Gasteiger partial charge in [0.2, 0.25) is 0 Å². The molecule has 25 heavy (non-hydrogen) atoms. The molecule has 130 valence electrons. The van der Waals surface area contributed by atoms with Gasteiger partial charge in [-0.2, -0.15) is 0 Å². The molecule has 7 nitrogen and oxygen atoms in total. The molecule has 7 heteroatoms. The smallest absolute Gasteiger partial charge is 0.340 e. The van der Waals surface area contributed by atoms with Gasteiger partial charge in [0.1, 0.15) is 17.8 Å². The van der Waals surface area contributed by atoms with Gasteiger partial charge in [0, 0.05) is 19.2 Å². The number of carbonyl (C=O) groups is 2. The van der Waals surface area contributed by atoms with Crippen LogP contribution in [0.2, 0.25) is 0 Å². The highest BCUT2D eigenvalue weighted by molar-refractivity contribution is 6.07. The molecule has 2 aromatic rings. The number of aromatic nitrogens is 2. The number of nitrogens with zero attached hydrogens (tertiary/aromatic N) is 3. The normalized spacial score (nSPS) is 13.6. The van der Waals surface area contributed by atoms with Gasteiger partial charge < -0.3 is 15.0 Å². The number of anilines is 2. The zero-order chi connectivity index (χ0) is 17.6. The Balaban J connectivity index is 1.79. The third kappa shape index (κ3) is 3.93. The molecule has 0 aliphatic carbocycles. The van der Waals surface area contributed by atoms with Crippen LogP contribution in [-0.2, 0) is 4.74 Å². The van der Waals surface area contributed by atoms with Crippen LogP contribution in [0.4, 0.5) is 11.5 Å². The minimum Gasteiger partial charge on any atom is -0.462 e. The molecule has 1 N–H and O–H groups in total. The first-order chi connectivity index (χ1) is 12.2. The number of carbonyl (C=O) groups excluding carboxylic acids is 2. The van der Waals surface area contributed by atoms with E-state index in [-0.39, 0.29) is 18.2 Å². The predicted octanol–water partition coefficient (Wildman–Crippen LogP) is 2.51. The lowest BCUT2D eigenvalue weighted by Crippen LogP contribution is -2.21. The van der Waals surface area contributed by atoms with Crippen LogP contribution in [0.5, 0.6) is 0 Å². The molecular weight excluding hydrogens is 320 g/mol. The largest absolute Gasteiger partial charge is 0.462 e. The van der Waals surface area contributed by atoms with E-state index in [4.69, 9.17) is 4.74 Å². The Morgan fingerprint density at radius 2 is 1.96 bits per heavy atom. The molecule has 0 atom stereocenters. The molecule has 1 saturated heterocycles. The fourth-order valence-electron chi connectivity index (χ4n) is 2.76. The summed E-state index contributed by atoms with van der Waals surface area (Å²) in [7, 11) is 0. The van der Waals surface area contributed by atoms with Crippen molar-refractivity contribution in [3.05, 3.63) is 47.9 Å². The molecule has 0 spiro atoms. The quantitative estimate of drug-likeness (QED) is 0.842. The molecule has 1 aromatic heterocycles. The van der Waals surface area contributed by atoms with Crippen LogP contribution in [-0.4, -0.2) is 41.5 Å². The predicted molar refractivity (Wildman–Crippen MR) is 93.8 cm³/mol. The molecule has 1 aliphatic rings. The average molecular weight is 340 g/mol. The standard InChI is InChI=1S/C18H20N4O3/c1-2-25-18(24)13-7-3-4-8-14(13)21-17(23)15-11-16(20-12-19-15)22-9-5-6-10-22/h3-4,7-8,11-12H,2,5-6,9-10H2,1H3,(H,21,23). The van der Waals surface area contributed by atoms with Crippen LogP contribution in [0.1, 0.15) is 40.6 Å². The third-order valence-electron chi connectivity index (χ3n) is 3.99. The molecule has 1 aliphatic heterocycles. The van der Waals surface area contributed by atoms with E-state index in [2.05, 4.69) is 20.2 Å². The summed E-state index contributed by atoms with van der Waals surface area (Å²) < 4.78 is 5.02. The van der Waals surface area contributed by atoms with Crippen LogP contribution in [0.15, 0.2) is 36.7 Å². The van der Waals surface area contributed by atoms with Gasteiger partial charge >= 0.3 is 5.97 Å². The summed E-state index contributed by atoms with van der Waals surface area (Å²) in [6.45, 7) is 3.87. The Morgan fingerprint density at radius 3 is 2.72 bits per heavy atom. The second-order valence-electron chi connectivity index (χ2n) is 5.68. The topological polar surface area (TPSA) is 84.4 Å². The average Bonchev–Trinajstić information content (AvgIpc) is 3.17. The first-order valence-electron chi connectivity index (χ1n) is 8.33. The Labute approximate surface area is 146 Å². The summed E-state index contributed by atoms with van der Waals surface area (Å²) in [6, 6.07) is 8.41. The molecule has 0 unspecified atom stereocenters. The summed E-state index contributed by atoms with van der Waals surface area (Å²) in [5.41, 5.74) is 0.967. The lowest BCUT2D eigenvalue weighted by atomic mass is 10.1. The second kappa shape index (κ2) is 7.74. The first-order valence-corrected chi connectivity index (χ1v) is 8.33. The minimum atomic E-state index is -0.473. The second-order valence-corrected chi connectivity index (χ2v) is 5.68. The van der Waals surface area contributed by atoms with Crippen molar-refractivity contribution in [3.8, 4) is 0 Å². The number of benzene rings is 1. The van der Waals surface area contributed by atoms with E-state index < -0.39 is 5.97 Å². The van der Waals surface area contributed by atoms with Crippen molar-refractivity contribution >= 4 is 23.4 Å². The fourth-order valence-corrected chi connectivity index (χ4v) is 2.76. The number of hydrogen-bond acceptors (Lipinski definition) is 6. The van der Waals surface area contributed by atoms with E-state index in [0.717, 1.165) is 31.7 Å². The fraction of sp³-hybridized carbons (Fsp3) is 0.333. The minimum absolute atomic E-state index is 0.260. The van der Waals surface area contributed by atoms with Crippen LogP contribution in [0.3, 0.4) is 0 Å². The number of rotatable bonds is 5. The monoisotopic (exact) mass is 340 g/mol.